The molecule has 1 aliphatic rings. The molecule has 3 nitrogen and oxygen atoms in total. The molecule has 1 aliphatic carbocycles. The van der Waals surface area contributed by atoms with Gasteiger partial charge in [0.1, 0.15) is 10.1 Å². The fourth-order valence-electron chi connectivity index (χ4n) is 3.27. The van der Waals surface area contributed by atoms with Gasteiger partial charge in [-0.3, -0.25) is 0 Å². The van der Waals surface area contributed by atoms with Crippen molar-refractivity contribution >= 4 is 20.9 Å². The maximum absolute atomic E-state index is 11.8. The number of rotatable bonds is 2. The van der Waals surface area contributed by atoms with Crippen molar-refractivity contribution in [3.05, 3.63) is 42.0 Å². The van der Waals surface area contributed by atoms with E-state index in [2.05, 4.69) is 0 Å². The topological polar surface area (TPSA) is 57.2 Å². The summed E-state index contributed by atoms with van der Waals surface area (Å²) in [6.45, 7) is 0. The van der Waals surface area contributed by atoms with Crippen LogP contribution in [0.15, 0.2) is 41.3 Å². The van der Waals surface area contributed by atoms with Crippen molar-refractivity contribution in [3.8, 4) is 0 Å². The van der Waals surface area contributed by atoms with Gasteiger partial charge >= 0.3 is 0 Å². The van der Waals surface area contributed by atoms with E-state index in [1.165, 1.54) is 6.42 Å². The molecular formula is C16H17O3S-. The first-order chi connectivity index (χ1) is 9.57. The zero-order valence-corrected chi connectivity index (χ0v) is 12.0. The van der Waals surface area contributed by atoms with Crippen LogP contribution in [-0.2, 0) is 10.1 Å². The van der Waals surface area contributed by atoms with Gasteiger partial charge in [-0.15, -0.1) is 0 Å². The lowest BCUT2D eigenvalue weighted by atomic mass is 9.83. The van der Waals surface area contributed by atoms with Crippen molar-refractivity contribution < 1.29 is 13.0 Å². The maximum atomic E-state index is 11.8. The van der Waals surface area contributed by atoms with E-state index in [1.807, 2.05) is 24.3 Å². The fraction of sp³-hybridized carbons (Fsp3) is 0.375. The molecule has 1 saturated carbocycles. The quantitative estimate of drug-likeness (QED) is 0.790. The molecule has 0 heterocycles. The SMILES string of the molecule is O=S(=O)([O-])c1c(C2CCCCC2)ccc2ccccc12. The van der Waals surface area contributed by atoms with Gasteiger partial charge in [-0.1, -0.05) is 55.7 Å². The predicted molar refractivity (Wildman–Crippen MR) is 77.7 cm³/mol. The highest BCUT2D eigenvalue weighted by molar-refractivity contribution is 7.86. The molecule has 0 spiro atoms. The van der Waals surface area contributed by atoms with Crippen molar-refractivity contribution in [1.82, 2.24) is 0 Å². The van der Waals surface area contributed by atoms with Crippen LogP contribution >= 0.6 is 0 Å². The molecule has 106 valence electrons. The number of fused-ring (bicyclic) bond motifs is 1. The first kappa shape index (κ1) is 13.6. The summed E-state index contributed by atoms with van der Waals surface area (Å²) in [5.74, 6) is 0.201. The van der Waals surface area contributed by atoms with E-state index >= 15 is 0 Å². The highest BCUT2D eigenvalue weighted by Crippen LogP contribution is 2.38. The van der Waals surface area contributed by atoms with Crippen molar-refractivity contribution in [2.45, 2.75) is 42.9 Å². The zero-order chi connectivity index (χ0) is 14.2. The Hall–Kier alpha value is -1.39. The highest BCUT2D eigenvalue weighted by atomic mass is 32.2. The minimum atomic E-state index is -4.46. The average Bonchev–Trinajstić information content (AvgIpc) is 2.46. The Kier molecular flexibility index (Phi) is 3.52. The normalized spacial score (nSPS) is 17.4. The van der Waals surface area contributed by atoms with Crippen molar-refractivity contribution in [3.63, 3.8) is 0 Å². The molecule has 0 N–H and O–H groups in total. The van der Waals surface area contributed by atoms with Crippen LogP contribution in [0, 0.1) is 0 Å². The van der Waals surface area contributed by atoms with Crippen LogP contribution in [0.3, 0.4) is 0 Å². The summed E-state index contributed by atoms with van der Waals surface area (Å²) in [5, 5.41) is 1.37. The Morgan fingerprint density at radius 2 is 1.65 bits per heavy atom. The zero-order valence-electron chi connectivity index (χ0n) is 11.2. The lowest BCUT2D eigenvalue weighted by molar-refractivity contribution is 0.432. The molecule has 0 aromatic heterocycles. The summed E-state index contributed by atoms with van der Waals surface area (Å²) in [6, 6.07) is 11.0. The third-order valence-electron chi connectivity index (χ3n) is 4.21. The summed E-state index contributed by atoms with van der Waals surface area (Å²) in [7, 11) is -4.46. The van der Waals surface area contributed by atoms with Crippen LogP contribution in [0.1, 0.15) is 43.6 Å². The van der Waals surface area contributed by atoms with E-state index in [4.69, 9.17) is 0 Å². The molecule has 1 fully saturated rings. The molecular weight excluding hydrogens is 272 g/mol. The third-order valence-corrected chi connectivity index (χ3v) is 5.16. The first-order valence-corrected chi connectivity index (χ1v) is 8.46. The van der Waals surface area contributed by atoms with E-state index in [0.29, 0.717) is 5.39 Å². The van der Waals surface area contributed by atoms with E-state index in [-0.39, 0.29) is 10.8 Å². The second kappa shape index (κ2) is 5.19. The van der Waals surface area contributed by atoms with Gasteiger partial charge in [0.05, 0.1) is 4.90 Å². The van der Waals surface area contributed by atoms with Crippen LogP contribution in [-0.4, -0.2) is 13.0 Å². The largest absolute Gasteiger partial charge is 0.744 e. The summed E-state index contributed by atoms with van der Waals surface area (Å²) in [5.41, 5.74) is 0.721. The van der Waals surface area contributed by atoms with Crippen molar-refractivity contribution in [1.29, 1.82) is 0 Å². The van der Waals surface area contributed by atoms with Gasteiger partial charge in [-0.25, -0.2) is 8.42 Å². The van der Waals surface area contributed by atoms with Crippen LogP contribution in [0.5, 0.6) is 0 Å². The molecule has 20 heavy (non-hydrogen) atoms. The monoisotopic (exact) mass is 289 g/mol. The Morgan fingerprint density at radius 3 is 2.35 bits per heavy atom. The number of benzene rings is 2. The lowest BCUT2D eigenvalue weighted by Crippen LogP contribution is -2.11. The molecule has 0 aliphatic heterocycles. The molecule has 2 aromatic carbocycles. The second-order valence-electron chi connectivity index (χ2n) is 5.49. The maximum Gasteiger partial charge on any atom is 0.125 e. The minimum absolute atomic E-state index is 0.00231. The van der Waals surface area contributed by atoms with Gasteiger partial charge in [0.25, 0.3) is 0 Å². The van der Waals surface area contributed by atoms with E-state index < -0.39 is 10.1 Å². The smallest absolute Gasteiger partial charge is 0.125 e. The first-order valence-electron chi connectivity index (χ1n) is 7.05. The van der Waals surface area contributed by atoms with E-state index in [1.54, 1.807) is 12.1 Å². The molecule has 0 bridgehead atoms. The molecule has 0 saturated heterocycles. The van der Waals surface area contributed by atoms with E-state index in [0.717, 1.165) is 36.6 Å². The summed E-state index contributed by atoms with van der Waals surface area (Å²) in [4.78, 5) is 0.00231. The third kappa shape index (κ3) is 2.45. The standard InChI is InChI=1S/C16H18O3S/c17-20(18,19)16-14-9-5-4-8-13(14)10-11-15(16)12-6-2-1-3-7-12/h4-5,8-12H,1-3,6-7H2,(H,17,18,19)/p-1. The molecule has 0 atom stereocenters. The molecule has 0 amide bonds. The summed E-state index contributed by atoms with van der Waals surface area (Å²) < 4.78 is 35.3. The minimum Gasteiger partial charge on any atom is -0.744 e. The molecule has 0 radical (unpaired) electrons. The molecule has 3 rings (SSSR count). The number of hydrogen-bond acceptors (Lipinski definition) is 3. The predicted octanol–water partition coefficient (Wildman–Crippen LogP) is 3.79. The van der Waals surface area contributed by atoms with E-state index in [9.17, 15) is 13.0 Å². The fourth-order valence-corrected chi connectivity index (χ4v) is 4.25. The molecule has 0 unspecified atom stereocenters. The highest BCUT2D eigenvalue weighted by Gasteiger charge is 2.22. The Bertz CT molecular complexity index is 728. The van der Waals surface area contributed by atoms with Crippen LogP contribution < -0.4 is 0 Å². The Balaban J connectivity index is 2.26. The number of hydrogen-bond donors (Lipinski definition) is 0. The van der Waals surface area contributed by atoms with Crippen molar-refractivity contribution in [2.75, 3.05) is 0 Å². The molecule has 2 aromatic rings. The van der Waals surface area contributed by atoms with Gasteiger partial charge in [-0.2, -0.15) is 0 Å². The van der Waals surface area contributed by atoms with Gasteiger partial charge in [0, 0.05) is 0 Å². The van der Waals surface area contributed by atoms with Gasteiger partial charge in [-0.05, 0) is 35.1 Å². The Labute approximate surface area is 119 Å². The lowest BCUT2D eigenvalue weighted by Gasteiger charge is -2.26. The van der Waals surface area contributed by atoms with Crippen LogP contribution in [0.25, 0.3) is 10.8 Å². The van der Waals surface area contributed by atoms with Gasteiger partial charge in [0.15, 0.2) is 0 Å². The van der Waals surface area contributed by atoms with Crippen LogP contribution in [0.4, 0.5) is 0 Å². The van der Waals surface area contributed by atoms with Gasteiger partial charge < -0.3 is 4.55 Å². The average molecular weight is 289 g/mol. The second-order valence-corrected chi connectivity index (χ2v) is 6.81. The Morgan fingerprint density at radius 1 is 0.950 bits per heavy atom. The summed E-state index contributed by atoms with van der Waals surface area (Å²) in [6.07, 6.45) is 5.36. The van der Waals surface area contributed by atoms with Crippen LogP contribution in [0.2, 0.25) is 0 Å². The molecule has 4 heteroatoms. The summed E-state index contributed by atoms with van der Waals surface area (Å²) >= 11 is 0. The van der Waals surface area contributed by atoms with Gasteiger partial charge in [0.2, 0.25) is 0 Å². The van der Waals surface area contributed by atoms with Crippen molar-refractivity contribution in [2.24, 2.45) is 0 Å².